The summed E-state index contributed by atoms with van der Waals surface area (Å²) in [7, 11) is 0. The molecule has 1 amide bonds. The van der Waals surface area contributed by atoms with Crippen LogP contribution in [0.5, 0.6) is 11.5 Å². The van der Waals surface area contributed by atoms with Gasteiger partial charge in [-0.25, -0.2) is 9.97 Å². The molecule has 0 saturated heterocycles. The minimum absolute atomic E-state index is 0.00175. The highest BCUT2D eigenvalue weighted by Gasteiger charge is 2.13. The van der Waals surface area contributed by atoms with Gasteiger partial charge in [-0.05, 0) is 12.1 Å². The van der Waals surface area contributed by atoms with Gasteiger partial charge in [-0.1, -0.05) is 23.2 Å². The number of hydrogen-bond acceptors (Lipinski definition) is 5. The number of nitrogens with zero attached hydrogens (tertiary/aromatic N) is 2. The maximum absolute atomic E-state index is 11.9. The standard InChI is InChI=1S/C11H7Cl2N3O3/c12-8-9(13)14-4-15-10(8)16-11(19)5-1-6(17)3-7(18)2-5/h1-4,17-18H,(H,14,15,16,19). The molecule has 0 radical (unpaired) electrons. The molecule has 0 atom stereocenters. The highest BCUT2D eigenvalue weighted by atomic mass is 35.5. The summed E-state index contributed by atoms with van der Waals surface area (Å²) in [4.78, 5) is 19.3. The molecule has 0 aliphatic heterocycles. The number of phenols is 2. The number of benzene rings is 1. The average molecular weight is 300 g/mol. The molecule has 19 heavy (non-hydrogen) atoms. The van der Waals surface area contributed by atoms with Crippen LogP contribution in [0.3, 0.4) is 0 Å². The summed E-state index contributed by atoms with van der Waals surface area (Å²) in [5.74, 6) is -1.05. The molecular weight excluding hydrogens is 293 g/mol. The van der Waals surface area contributed by atoms with Gasteiger partial charge in [0.25, 0.3) is 5.91 Å². The predicted molar refractivity (Wildman–Crippen MR) is 69.8 cm³/mol. The molecule has 0 unspecified atom stereocenters. The van der Waals surface area contributed by atoms with E-state index in [0.717, 1.165) is 12.4 Å². The Hall–Kier alpha value is -2.05. The van der Waals surface area contributed by atoms with Gasteiger partial charge in [-0.3, -0.25) is 4.79 Å². The molecule has 0 aliphatic rings. The van der Waals surface area contributed by atoms with Crippen molar-refractivity contribution in [3.63, 3.8) is 0 Å². The molecule has 1 aromatic heterocycles. The zero-order valence-corrected chi connectivity index (χ0v) is 10.8. The number of amides is 1. The largest absolute Gasteiger partial charge is 0.508 e. The molecule has 2 rings (SSSR count). The minimum atomic E-state index is -0.608. The number of hydrogen-bond donors (Lipinski definition) is 3. The molecule has 0 aliphatic carbocycles. The van der Waals surface area contributed by atoms with Crippen LogP contribution in [-0.4, -0.2) is 26.1 Å². The van der Waals surface area contributed by atoms with Crippen molar-refractivity contribution in [3.05, 3.63) is 40.3 Å². The van der Waals surface area contributed by atoms with Crippen molar-refractivity contribution in [2.75, 3.05) is 5.32 Å². The second kappa shape index (κ2) is 5.29. The van der Waals surface area contributed by atoms with Crippen molar-refractivity contribution in [3.8, 4) is 11.5 Å². The van der Waals surface area contributed by atoms with E-state index in [1.54, 1.807) is 0 Å². The number of carbonyl (C=O) groups is 1. The summed E-state index contributed by atoms with van der Waals surface area (Å²) in [6.07, 6.45) is 1.14. The number of aromatic hydroxyl groups is 2. The quantitative estimate of drug-likeness (QED) is 0.740. The lowest BCUT2D eigenvalue weighted by molar-refractivity contribution is 0.102. The third kappa shape index (κ3) is 3.04. The van der Waals surface area contributed by atoms with Gasteiger partial charge >= 0.3 is 0 Å². The monoisotopic (exact) mass is 299 g/mol. The second-order valence-electron chi connectivity index (χ2n) is 3.52. The molecule has 1 heterocycles. The van der Waals surface area contributed by atoms with Gasteiger partial charge in [0.1, 0.15) is 22.8 Å². The molecule has 8 heteroatoms. The Bertz CT molecular complexity index is 629. The van der Waals surface area contributed by atoms with Crippen molar-refractivity contribution < 1.29 is 15.0 Å². The summed E-state index contributed by atoms with van der Waals surface area (Å²) < 4.78 is 0. The topological polar surface area (TPSA) is 95.3 Å². The van der Waals surface area contributed by atoms with Crippen LogP contribution >= 0.6 is 23.2 Å². The fourth-order valence-electron chi connectivity index (χ4n) is 1.34. The first kappa shape index (κ1) is 13.4. The highest BCUT2D eigenvalue weighted by molar-refractivity contribution is 6.43. The van der Waals surface area contributed by atoms with Crippen LogP contribution in [0.1, 0.15) is 10.4 Å². The Kier molecular flexibility index (Phi) is 3.73. The summed E-state index contributed by atoms with van der Waals surface area (Å²) in [6.45, 7) is 0. The van der Waals surface area contributed by atoms with Crippen LogP contribution in [0.2, 0.25) is 10.2 Å². The fraction of sp³-hybridized carbons (Fsp3) is 0. The van der Waals surface area contributed by atoms with E-state index in [2.05, 4.69) is 15.3 Å². The normalized spacial score (nSPS) is 10.2. The van der Waals surface area contributed by atoms with E-state index in [-0.39, 0.29) is 33.1 Å². The van der Waals surface area contributed by atoms with Crippen LogP contribution in [0.25, 0.3) is 0 Å². The number of phenolic OH excluding ortho intramolecular Hbond substituents is 2. The van der Waals surface area contributed by atoms with Crippen LogP contribution < -0.4 is 5.32 Å². The van der Waals surface area contributed by atoms with Gasteiger partial charge in [0.05, 0.1) is 0 Å². The van der Waals surface area contributed by atoms with E-state index < -0.39 is 5.91 Å². The lowest BCUT2D eigenvalue weighted by Gasteiger charge is -2.07. The number of nitrogens with one attached hydrogen (secondary N) is 1. The molecule has 3 N–H and O–H groups in total. The number of aromatic nitrogens is 2. The third-order valence-electron chi connectivity index (χ3n) is 2.14. The first-order valence-electron chi connectivity index (χ1n) is 4.97. The minimum Gasteiger partial charge on any atom is -0.508 e. The van der Waals surface area contributed by atoms with Crippen molar-refractivity contribution in [2.24, 2.45) is 0 Å². The molecule has 98 valence electrons. The third-order valence-corrected chi connectivity index (χ3v) is 2.88. The molecular formula is C11H7Cl2N3O3. The zero-order valence-electron chi connectivity index (χ0n) is 9.26. The smallest absolute Gasteiger partial charge is 0.257 e. The molecule has 2 aromatic rings. The SMILES string of the molecule is O=C(Nc1ncnc(Cl)c1Cl)c1cc(O)cc(O)c1. The lowest BCUT2D eigenvalue weighted by Crippen LogP contribution is -2.13. The first-order valence-corrected chi connectivity index (χ1v) is 5.73. The average Bonchev–Trinajstić information content (AvgIpc) is 2.33. The number of anilines is 1. The van der Waals surface area contributed by atoms with E-state index in [9.17, 15) is 15.0 Å². The Morgan fingerprint density at radius 1 is 1.11 bits per heavy atom. The van der Waals surface area contributed by atoms with E-state index >= 15 is 0 Å². The summed E-state index contributed by atoms with van der Waals surface area (Å²) >= 11 is 11.5. The molecule has 0 bridgehead atoms. The summed E-state index contributed by atoms with van der Waals surface area (Å²) in [5.41, 5.74) is 0.0447. The van der Waals surface area contributed by atoms with Gasteiger partial charge in [-0.2, -0.15) is 0 Å². The maximum Gasteiger partial charge on any atom is 0.257 e. The van der Waals surface area contributed by atoms with Crippen LogP contribution in [-0.2, 0) is 0 Å². The first-order chi connectivity index (χ1) is 8.97. The molecule has 0 fully saturated rings. The van der Waals surface area contributed by atoms with Gasteiger partial charge in [0.15, 0.2) is 11.0 Å². The zero-order chi connectivity index (χ0) is 14.0. The molecule has 1 aromatic carbocycles. The lowest BCUT2D eigenvalue weighted by atomic mass is 10.2. The van der Waals surface area contributed by atoms with Crippen molar-refractivity contribution in [1.29, 1.82) is 0 Å². The van der Waals surface area contributed by atoms with Gasteiger partial charge in [-0.15, -0.1) is 0 Å². The van der Waals surface area contributed by atoms with Gasteiger partial charge in [0.2, 0.25) is 0 Å². The van der Waals surface area contributed by atoms with Crippen LogP contribution in [0.4, 0.5) is 5.82 Å². The highest BCUT2D eigenvalue weighted by Crippen LogP contribution is 2.26. The number of carbonyl (C=O) groups excluding carboxylic acids is 1. The molecule has 0 saturated carbocycles. The van der Waals surface area contributed by atoms with Gasteiger partial charge < -0.3 is 15.5 Å². The second-order valence-corrected chi connectivity index (χ2v) is 4.26. The molecule has 6 nitrogen and oxygen atoms in total. The fourth-order valence-corrected chi connectivity index (χ4v) is 1.62. The Morgan fingerprint density at radius 2 is 1.74 bits per heavy atom. The number of halogens is 2. The summed E-state index contributed by atoms with van der Waals surface area (Å²) in [6, 6.07) is 3.48. The molecule has 0 spiro atoms. The van der Waals surface area contributed by atoms with E-state index in [4.69, 9.17) is 23.2 Å². The van der Waals surface area contributed by atoms with E-state index in [1.165, 1.54) is 12.1 Å². The maximum atomic E-state index is 11.9. The van der Waals surface area contributed by atoms with Crippen LogP contribution in [0, 0.1) is 0 Å². The number of rotatable bonds is 2. The Balaban J connectivity index is 2.28. The van der Waals surface area contributed by atoms with Gasteiger partial charge in [0, 0.05) is 11.6 Å². The van der Waals surface area contributed by atoms with E-state index in [1.807, 2.05) is 0 Å². The van der Waals surface area contributed by atoms with Crippen molar-refractivity contribution >= 4 is 34.9 Å². The van der Waals surface area contributed by atoms with Crippen molar-refractivity contribution in [2.45, 2.75) is 0 Å². The summed E-state index contributed by atoms with van der Waals surface area (Å²) in [5, 5.41) is 21.0. The van der Waals surface area contributed by atoms with E-state index in [0.29, 0.717) is 0 Å². The van der Waals surface area contributed by atoms with Crippen LogP contribution in [0.15, 0.2) is 24.5 Å². The predicted octanol–water partition coefficient (Wildman–Crippen LogP) is 2.45. The van der Waals surface area contributed by atoms with Crippen molar-refractivity contribution in [1.82, 2.24) is 9.97 Å². The Morgan fingerprint density at radius 3 is 2.37 bits per heavy atom. The Labute approximate surface area is 117 Å².